The molecule has 1 aliphatic heterocycles. The van der Waals surface area contributed by atoms with E-state index >= 15 is 0 Å². The quantitative estimate of drug-likeness (QED) is 0.455. The van der Waals surface area contributed by atoms with Gasteiger partial charge >= 0.3 is 5.97 Å². The van der Waals surface area contributed by atoms with E-state index in [4.69, 9.17) is 4.74 Å². The normalized spacial score (nSPS) is 33.6. The molecule has 2 bridgehead atoms. The summed E-state index contributed by atoms with van der Waals surface area (Å²) < 4.78 is 5.30. The van der Waals surface area contributed by atoms with Gasteiger partial charge < -0.3 is 4.74 Å². The van der Waals surface area contributed by atoms with Crippen molar-refractivity contribution in [1.29, 1.82) is 0 Å². The number of ether oxygens (including phenoxy) is 1. The van der Waals surface area contributed by atoms with Crippen molar-refractivity contribution in [3.8, 4) is 0 Å². The minimum atomic E-state index is -0.404. The standard InChI is InChI=1S/C21H23NO4S/c1-3-26-21(25)17-13-7-4-10(2)8-14(13)27-20(17)22-18(23)15-11-5-6-12(9-11)16(15)19(22)24/h5-6,10-12,15-16H,3-4,7-9H2,1-2H3/t10-,11-,12-,15+,16+/m0/s1. The zero-order valence-corrected chi connectivity index (χ0v) is 16.4. The first-order valence-electron chi connectivity index (χ1n) is 9.89. The molecule has 0 N–H and O–H groups in total. The molecule has 5 rings (SSSR count). The Kier molecular flexibility index (Phi) is 3.83. The number of rotatable bonds is 3. The number of carbonyl (C=O) groups excluding carboxylic acids is 3. The molecule has 0 unspecified atom stereocenters. The van der Waals surface area contributed by atoms with Crippen LogP contribution in [0.25, 0.3) is 0 Å². The van der Waals surface area contributed by atoms with Crippen molar-refractivity contribution in [2.24, 2.45) is 29.6 Å². The van der Waals surface area contributed by atoms with Crippen LogP contribution < -0.4 is 4.90 Å². The van der Waals surface area contributed by atoms with Gasteiger partial charge in [0.2, 0.25) is 11.8 Å². The van der Waals surface area contributed by atoms with E-state index in [0.717, 1.165) is 36.1 Å². The van der Waals surface area contributed by atoms with Gasteiger partial charge in [-0.2, -0.15) is 0 Å². The zero-order chi connectivity index (χ0) is 18.9. The van der Waals surface area contributed by atoms with Gasteiger partial charge in [0.05, 0.1) is 24.0 Å². The third-order valence-corrected chi connectivity index (χ3v) is 7.89. The number of imide groups is 1. The van der Waals surface area contributed by atoms with Crippen LogP contribution in [0.2, 0.25) is 0 Å². The molecule has 1 aromatic heterocycles. The Morgan fingerprint density at radius 3 is 2.52 bits per heavy atom. The first-order valence-corrected chi connectivity index (χ1v) is 10.7. The SMILES string of the molecule is CCOC(=O)c1c(N2C(=O)[C@H]3[C@H](C2=O)[C@H]2C=C[C@H]3C2)sc2c1CC[C@H](C)C2. The lowest BCUT2D eigenvalue weighted by atomic mass is 9.85. The lowest BCUT2D eigenvalue weighted by molar-refractivity contribution is -0.123. The van der Waals surface area contributed by atoms with Crippen LogP contribution in [0.5, 0.6) is 0 Å². The molecule has 2 fully saturated rings. The maximum Gasteiger partial charge on any atom is 0.341 e. The number of hydrogen-bond acceptors (Lipinski definition) is 5. The lowest BCUT2D eigenvalue weighted by Crippen LogP contribution is -2.33. The molecule has 0 aromatic carbocycles. The molecule has 2 amide bonds. The van der Waals surface area contributed by atoms with Crippen LogP contribution in [0.3, 0.4) is 0 Å². The summed E-state index contributed by atoms with van der Waals surface area (Å²) in [6, 6.07) is 0. The zero-order valence-electron chi connectivity index (χ0n) is 15.6. The minimum absolute atomic E-state index is 0.126. The van der Waals surface area contributed by atoms with Gasteiger partial charge in [0.25, 0.3) is 0 Å². The van der Waals surface area contributed by atoms with E-state index < -0.39 is 5.97 Å². The first kappa shape index (κ1) is 17.2. The number of carbonyl (C=O) groups is 3. The van der Waals surface area contributed by atoms with E-state index in [9.17, 15) is 14.4 Å². The third-order valence-electron chi connectivity index (χ3n) is 6.65. The molecule has 0 spiro atoms. The highest BCUT2D eigenvalue weighted by molar-refractivity contribution is 7.17. The molecule has 5 atom stereocenters. The fourth-order valence-electron chi connectivity index (χ4n) is 5.41. The van der Waals surface area contributed by atoms with Crippen molar-refractivity contribution in [2.75, 3.05) is 11.5 Å². The topological polar surface area (TPSA) is 63.7 Å². The van der Waals surface area contributed by atoms with Crippen LogP contribution in [0.1, 0.15) is 47.5 Å². The van der Waals surface area contributed by atoms with Crippen LogP contribution in [-0.2, 0) is 27.2 Å². The van der Waals surface area contributed by atoms with Gasteiger partial charge in [0, 0.05) is 4.88 Å². The molecule has 3 aliphatic carbocycles. The van der Waals surface area contributed by atoms with E-state index in [-0.39, 0.29) is 42.1 Å². The Labute approximate surface area is 162 Å². The molecular weight excluding hydrogens is 362 g/mol. The molecule has 142 valence electrons. The molecule has 1 saturated carbocycles. The molecule has 5 nitrogen and oxygen atoms in total. The van der Waals surface area contributed by atoms with E-state index in [1.807, 2.05) is 0 Å². The van der Waals surface area contributed by atoms with Crippen molar-refractivity contribution >= 4 is 34.1 Å². The maximum atomic E-state index is 13.2. The Balaban J connectivity index is 1.60. The number of fused-ring (bicyclic) bond motifs is 6. The second-order valence-corrected chi connectivity index (χ2v) is 9.35. The van der Waals surface area contributed by atoms with Gasteiger partial charge in [0.15, 0.2) is 0 Å². The molecule has 1 saturated heterocycles. The van der Waals surface area contributed by atoms with Crippen molar-refractivity contribution in [3.63, 3.8) is 0 Å². The van der Waals surface area contributed by atoms with Gasteiger partial charge in [-0.25, -0.2) is 9.69 Å². The molecule has 4 aliphatic rings. The number of amides is 2. The molecule has 27 heavy (non-hydrogen) atoms. The van der Waals surface area contributed by atoms with Crippen LogP contribution in [-0.4, -0.2) is 24.4 Å². The van der Waals surface area contributed by atoms with Gasteiger partial charge in [-0.1, -0.05) is 19.1 Å². The average molecular weight is 385 g/mol. The number of thiophene rings is 1. The number of anilines is 1. The predicted octanol–water partition coefficient (Wildman–Crippen LogP) is 3.36. The minimum Gasteiger partial charge on any atom is -0.462 e. The van der Waals surface area contributed by atoms with Gasteiger partial charge in [-0.3, -0.25) is 9.59 Å². The highest BCUT2D eigenvalue weighted by atomic mass is 32.1. The van der Waals surface area contributed by atoms with Crippen molar-refractivity contribution in [1.82, 2.24) is 0 Å². The molecule has 6 heteroatoms. The fourth-order valence-corrected chi connectivity index (χ4v) is 6.92. The average Bonchev–Trinajstić information content (AvgIpc) is 3.36. The smallest absolute Gasteiger partial charge is 0.341 e. The van der Waals surface area contributed by atoms with E-state index in [1.54, 1.807) is 6.92 Å². The number of nitrogens with zero attached hydrogens (tertiary/aromatic N) is 1. The molecule has 0 radical (unpaired) electrons. The summed E-state index contributed by atoms with van der Waals surface area (Å²) in [4.78, 5) is 41.7. The highest BCUT2D eigenvalue weighted by Gasteiger charge is 2.60. The summed E-state index contributed by atoms with van der Waals surface area (Å²) in [5.74, 6) is -0.273. The number of hydrogen-bond donors (Lipinski definition) is 0. The van der Waals surface area contributed by atoms with Gasteiger partial charge in [0.1, 0.15) is 5.00 Å². The number of allylic oxidation sites excluding steroid dienone is 2. The summed E-state index contributed by atoms with van der Waals surface area (Å²) in [6.07, 6.45) is 7.79. The van der Waals surface area contributed by atoms with Crippen molar-refractivity contribution in [3.05, 3.63) is 28.2 Å². The lowest BCUT2D eigenvalue weighted by Gasteiger charge is -2.19. The maximum absolute atomic E-state index is 13.2. The fraction of sp³-hybridized carbons (Fsp3) is 0.571. The van der Waals surface area contributed by atoms with Gasteiger partial charge in [-0.15, -0.1) is 11.3 Å². The summed E-state index contributed by atoms with van der Waals surface area (Å²) in [5, 5.41) is 0.511. The Morgan fingerprint density at radius 2 is 1.89 bits per heavy atom. The first-order chi connectivity index (χ1) is 13.0. The summed E-state index contributed by atoms with van der Waals surface area (Å²) in [5.41, 5.74) is 1.45. The monoisotopic (exact) mass is 385 g/mol. The van der Waals surface area contributed by atoms with Crippen LogP contribution in [0, 0.1) is 29.6 Å². The summed E-state index contributed by atoms with van der Waals surface area (Å²) >= 11 is 1.45. The summed E-state index contributed by atoms with van der Waals surface area (Å²) in [6.45, 7) is 4.26. The van der Waals surface area contributed by atoms with Crippen LogP contribution in [0.15, 0.2) is 12.2 Å². The van der Waals surface area contributed by atoms with Crippen LogP contribution >= 0.6 is 11.3 Å². The molecule has 1 aromatic rings. The van der Waals surface area contributed by atoms with E-state index in [0.29, 0.717) is 16.5 Å². The molecule has 2 heterocycles. The van der Waals surface area contributed by atoms with Crippen LogP contribution in [0.4, 0.5) is 5.00 Å². The third kappa shape index (κ3) is 2.32. The predicted molar refractivity (Wildman–Crippen MR) is 102 cm³/mol. The van der Waals surface area contributed by atoms with E-state index in [2.05, 4.69) is 19.1 Å². The van der Waals surface area contributed by atoms with E-state index in [1.165, 1.54) is 16.2 Å². The second-order valence-electron chi connectivity index (χ2n) is 8.26. The Morgan fingerprint density at radius 1 is 1.22 bits per heavy atom. The van der Waals surface area contributed by atoms with Crippen molar-refractivity contribution in [2.45, 2.75) is 39.5 Å². The highest BCUT2D eigenvalue weighted by Crippen LogP contribution is 2.55. The largest absolute Gasteiger partial charge is 0.462 e. The van der Waals surface area contributed by atoms with Crippen molar-refractivity contribution < 1.29 is 19.1 Å². The van der Waals surface area contributed by atoms with Gasteiger partial charge in [-0.05, 0) is 55.9 Å². The Bertz CT molecular complexity index is 855. The second kappa shape index (κ2) is 6.03. The Hall–Kier alpha value is -1.95. The summed E-state index contributed by atoms with van der Waals surface area (Å²) in [7, 11) is 0. The number of esters is 1. The molecular formula is C21H23NO4S.